The lowest BCUT2D eigenvalue weighted by Gasteiger charge is -2.09. The van der Waals surface area contributed by atoms with Crippen molar-refractivity contribution in [1.29, 1.82) is 0 Å². The highest BCUT2D eigenvalue weighted by molar-refractivity contribution is 5.91. The second kappa shape index (κ2) is 4.48. The molecular formula is C12H11FN2O3. The largest absolute Gasteiger partial charge is 0.478 e. The van der Waals surface area contributed by atoms with Crippen LogP contribution in [0.1, 0.15) is 16.1 Å². The van der Waals surface area contributed by atoms with Gasteiger partial charge in [0.2, 0.25) is 5.88 Å². The molecule has 0 fully saturated rings. The molecule has 0 aliphatic heterocycles. The summed E-state index contributed by atoms with van der Waals surface area (Å²) in [4.78, 5) is 11.0. The van der Waals surface area contributed by atoms with Crippen LogP contribution >= 0.6 is 0 Å². The number of carboxylic acids is 1. The summed E-state index contributed by atoms with van der Waals surface area (Å²) in [5.41, 5.74) is 0.467. The molecule has 0 saturated carbocycles. The highest BCUT2D eigenvalue weighted by Gasteiger charge is 2.17. The van der Waals surface area contributed by atoms with E-state index in [9.17, 15) is 9.18 Å². The van der Waals surface area contributed by atoms with E-state index in [1.807, 2.05) is 0 Å². The van der Waals surface area contributed by atoms with E-state index in [-0.39, 0.29) is 17.2 Å². The van der Waals surface area contributed by atoms with Gasteiger partial charge in [0.05, 0.1) is 5.69 Å². The van der Waals surface area contributed by atoms with Crippen LogP contribution in [-0.4, -0.2) is 20.9 Å². The van der Waals surface area contributed by atoms with Gasteiger partial charge in [-0.25, -0.2) is 13.9 Å². The van der Waals surface area contributed by atoms with Gasteiger partial charge in [0, 0.05) is 13.1 Å². The predicted molar refractivity (Wildman–Crippen MR) is 61.4 cm³/mol. The number of aromatic carboxylic acids is 1. The summed E-state index contributed by atoms with van der Waals surface area (Å²) < 4.78 is 20.3. The number of hydrogen-bond acceptors (Lipinski definition) is 3. The first kappa shape index (κ1) is 12.1. The molecule has 2 rings (SSSR count). The van der Waals surface area contributed by atoms with E-state index in [1.54, 1.807) is 20.0 Å². The maximum absolute atomic E-state index is 13.6. The Bertz CT molecular complexity index is 607. The number of aryl methyl sites for hydroxylation is 2. The molecule has 0 aliphatic carbocycles. The highest BCUT2D eigenvalue weighted by Crippen LogP contribution is 2.28. The summed E-state index contributed by atoms with van der Waals surface area (Å²) in [6.07, 6.45) is 0. The number of nitrogens with zero attached hydrogens (tertiary/aromatic N) is 2. The maximum atomic E-state index is 13.6. The van der Waals surface area contributed by atoms with E-state index < -0.39 is 11.8 Å². The second-order valence-corrected chi connectivity index (χ2v) is 3.77. The lowest BCUT2D eigenvalue weighted by Crippen LogP contribution is -2.04. The molecule has 1 aromatic carbocycles. The molecule has 94 valence electrons. The Labute approximate surface area is 102 Å². The van der Waals surface area contributed by atoms with Gasteiger partial charge in [0.1, 0.15) is 5.56 Å². The number of ether oxygens (including phenoxy) is 1. The van der Waals surface area contributed by atoms with Crippen molar-refractivity contribution in [1.82, 2.24) is 9.78 Å². The summed E-state index contributed by atoms with van der Waals surface area (Å²) in [6, 6.07) is 5.34. The molecule has 2 aromatic rings. The Morgan fingerprint density at radius 1 is 1.50 bits per heavy atom. The van der Waals surface area contributed by atoms with Crippen LogP contribution in [-0.2, 0) is 7.05 Å². The molecular weight excluding hydrogens is 239 g/mol. The van der Waals surface area contributed by atoms with Gasteiger partial charge < -0.3 is 9.84 Å². The average molecular weight is 250 g/mol. The van der Waals surface area contributed by atoms with E-state index in [2.05, 4.69) is 5.10 Å². The van der Waals surface area contributed by atoms with Crippen molar-refractivity contribution in [2.75, 3.05) is 0 Å². The molecule has 0 spiro atoms. The fourth-order valence-electron chi connectivity index (χ4n) is 1.57. The zero-order valence-electron chi connectivity index (χ0n) is 9.85. The lowest BCUT2D eigenvalue weighted by atomic mass is 10.2. The Hall–Kier alpha value is -2.37. The molecule has 0 unspecified atom stereocenters. The predicted octanol–water partition coefficient (Wildman–Crippen LogP) is 2.36. The maximum Gasteiger partial charge on any atom is 0.339 e. The normalized spacial score (nSPS) is 10.4. The molecule has 0 radical (unpaired) electrons. The van der Waals surface area contributed by atoms with E-state index in [0.29, 0.717) is 5.69 Å². The van der Waals surface area contributed by atoms with Crippen molar-refractivity contribution in [2.24, 2.45) is 7.05 Å². The molecule has 1 aromatic heterocycles. The van der Waals surface area contributed by atoms with Crippen LogP contribution in [0.4, 0.5) is 4.39 Å². The number of hydrogen-bond donors (Lipinski definition) is 1. The van der Waals surface area contributed by atoms with Crippen LogP contribution in [0.2, 0.25) is 0 Å². The quantitative estimate of drug-likeness (QED) is 0.908. The molecule has 1 N–H and O–H groups in total. The summed E-state index contributed by atoms with van der Waals surface area (Å²) >= 11 is 0. The third-order valence-electron chi connectivity index (χ3n) is 2.36. The summed E-state index contributed by atoms with van der Waals surface area (Å²) in [5, 5.41) is 13.0. The van der Waals surface area contributed by atoms with Gasteiger partial charge in [-0.05, 0) is 19.1 Å². The zero-order chi connectivity index (χ0) is 13.3. The molecule has 5 nitrogen and oxygen atoms in total. The Morgan fingerprint density at radius 3 is 2.78 bits per heavy atom. The van der Waals surface area contributed by atoms with Crippen molar-refractivity contribution in [3.8, 4) is 11.6 Å². The van der Waals surface area contributed by atoms with Gasteiger partial charge in [0.15, 0.2) is 11.6 Å². The molecule has 0 atom stereocenters. The van der Waals surface area contributed by atoms with Gasteiger partial charge in [-0.15, -0.1) is 0 Å². The molecule has 0 saturated heterocycles. The van der Waals surface area contributed by atoms with Crippen LogP contribution in [0.15, 0.2) is 24.3 Å². The van der Waals surface area contributed by atoms with Crippen LogP contribution in [0.3, 0.4) is 0 Å². The van der Waals surface area contributed by atoms with E-state index >= 15 is 0 Å². The third kappa shape index (κ3) is 2.17. The monoisotopic (exact) mass is 250 g/mol. The number of carboxylic acid groups (broad SMARTS) is 1. The highest BCUT2D eigenvalue weighted by atomic mass is 19.1. The topological polar surface area (TPSA) is 64.3 Å². The third-order valence-corrected chi connectivity index (χ3v) is 2.36. The minimum atomic E-state index is -1.25. The fourth-order valence-corrected chi connectivity index (χ4v) is 1.57. The zero-order valence-corrected chi connectivity index (χ0v) is 9.85. The smallest absolute Gasteiger partial charge is 0.339 e. The summed E-state index contributed by atoms with van der Waals surface area (Å²) in [7, 11) is 1.63. The van der Waals surface area contributed by atoms with Crippen molar-refractivity contribution in [2.45, 2.75) is 6.92 Å². The number of halogens is 1. The van der Waals surface area contributed by atoms with Crippen molar-refractivity contribution in [3.05, 3.63) is 41.3 Å². The molecule has 0 amide bonds. The summed E-state index contributed by atoms with van der Waals surface area (Å²) in [5.74, 6) is -2.01. The van der Waals surface area contributed by atoms with Crippen LogP contribution in [0.25, 0.3) is 0 Å². The van der Waals surface area contributed by atoms with Gasteiger partial charge in [-0.2, -0.15) is 5.10 Å². The van der Waals surface area contributed by atoms with Crippen LogP contribution in [0.5, 0.6) is 11.6 Å². The van der Waals surface area contributed by atoms with Crippen molar-refractivity contribution in [3.63, 3.8) is 0 Å². The van der Waals surface area contributed by atoms with Gasteiger partial charge in [-0.1, -0.05) is 6.07 Å². The molecule has 0 bridgehead atoms. The minimum Gasteiger partial charge on any atom is -0.478 e. The van der Waals surface area contributed by atoms with Crippen LogP contribution < -0.4 is 4.74 Å². The Balaban J connectivity index is 2.45. The van der Waals surface area contributed by atoms with Crippen molar-refractivity contribution < 1.29 is 19.0 Å². The first-order valence-electron chi connectivity index (χ1n) is 5.19. The Morgan fingerprint density at radius 2 is 2.22 bits per heavy atom. The number of rotatable bonds is 3. The molecule has 0 aliphatic rings. The second-order valence-electron chi connectivity index (χ2n) is 3.77. The first-order valence-corrected chi connectivity index (χ1v) is 5.19. The van der Waals surface area contributed by atoms with Crippen molar-refractivity contribution >= 4 is 5.97 Å². The molecule has 6 heteroatoms. The standard InChI is InChI=1S/C12H11FN2O3/c1-7-6-10(15(2)14-7)18-11-8(12(16)17)4-3-5-9(11)13/h3-6H,1-2H3,(H,16,17). The summed E-state index contributed by atoms with van der Waals surface area (Å²) in [6.45, 7) is 1.76. The number of benzene rings is 1. The number of carbonyl (C=O) groups is 1. The van der Waals surface area contributed by atoms with Gasteiger partial charge in [-0.3, -0.25) is 0 Å². The number of aromatic nitrogens is 2. The van der Waals surface area contributed by atoms with Gasteiger partial charge in [0.25, 0.3) is 0 Å². The molecule has 1 heterocycles. The van der Waals surface area contributed by atoms with E-state index in [4.69, 9.17) is 9.84 Å². The Kier molecular flexibility index (Phi) is 3.01. The van der Waals surface area contributed by atoms with E-state index in [1.165, 1.54) is 16.8 Å². The van der Waals surface area contributed by atoms with Gasteiger partial charge >= 0.3 is 5.97 Å². The SMILES string of the molecule is Cc1cc(Oc2c(F)cccc2C(=O)O)n(C)n1. The fraction of sp³-hybridized carbons (Fsp3) is 0.167. The number of para-hydroxylation sites is 1. The van der Waals surface area contributed by atoms with E-state index in [0.717, 1.165) is 6.07 Å². The average Bonchev–Trinajstić information content (AvgIpc) is 2.60. The van der Waals surface area contributed by atoms with Crippen LogP contribution in [0, 0.1) is 12.7 Å². The first-order chi connectivity index (χ1) is 8.49. The minimum absolute atomic E-state index is 0.228. The molecule has 18 heavy (non-hydrogen) atoms. The lowest BCUT2D eigenvalue weighted by molar-refractivity contribution is 0.0693.